The third-order valence-corrected chi connectivity index (χ3v) is 3.87. The molecule has 0 spiro atoms. The van der Waals surface area contributed by atoms with Gasteiger partial charge in [0, 0.05) is 18.0 Å². The van der Waals surface area contributed by atoms with Gasteiger partial charge in [0.25, 0.3) is 0 Å². The van der Waals surface area contributed by atoms with E-state index in [1.54, 1.807) is 14.2 Å². The van der Waals surface area contributed by atoms with Crippen molar-refractivity contribution in [1.82, 2.24) is 5.32 Å². The summed E-state index contributed by atoms with van der Waals surface area (Å²) in [5.74, 6) is 1.71. The molecular weight excluding hydrogens is 242 g/mol. The van der Waals surface area contributed by atoms with E-state index in [-0.39, 0.29) is 11.4 Å². The summed E-state index contributed by atoms with van der Waals surface area (Å²) in [6.45, 7) is 2.11. The first-order chi connectivity index (χ1) is 9.10. The third kappa shape index (κ3) is 3.00. The second kappa shape index (κ2) is 5.51. The maximum absolute atomic E-state index is 11.5. The number of ether oxygens (including phenoxy) is 2. The van der Waals surface area contributed by atoms with E-state index in [1.165, 1.54) is 0 Å². The van der Waals surface area contributed by atoms with Crippen molar-refractivity contribution in [1.29, 1.82) is 0 Å². The lowest BCUT2D eigenvalue weighted by Crippen LogP contribution is -2.42. The lowest BCUT2D eigenvalue weighted by molar-refractivity contribution is -0.119. The number of nitrogens with one attached hydrogen (secondary N) is 1. The van der Waals surface area contributed by atoms with Gasteiger partial charge in [-0.15, -0.1) is 0 Å². The largest absolute Gasteiger partial charge is 0.497 e. The van der Waals surface area contributed by atoms with E-state index in [2.05, 4.69) is 12.2 Å². The van der Waals surface area contributed by atoms with Crippen LogP contribution >= 0.6 is 0 Å². The quantitative estimate of drug-likeness (QED) is 0.886. The van der Waals surface area contributed by atoms with Crippen molar-refractivity contribution in [2.24, 2.45) is 0 Å². The summed E-state index contributed by atoms with van der Waals surface area (Å²) in [6.07, 6.45) is 3.25. The van der Waals surface area contributed by atoms with Crippen molar-refractivity contribution in [2.45, 2.75) is 38.1 Å². The van der Waals surface area contributed by atoms with Crippen LogP contribution in [0.4, 0.5) is 0 Å². The summed E-state index contributed by atoms with van der Waals surface area (Å²) >= 11 is 0. The van der Waals surface area contributed by atoms with Crippen molar-refractivity contribution in [3.63, 3.8) is 0 Å². The zero-order valence-electron chi connectivity index (χ0n) is 11.8. The highest BCUT2D eigenvalue weighted by molar-refractivity contribution is 5.79. The van der Waals surface area contributed by atoms with E-state index in [1.807, 2.05) is 18.2 Å². The Bertz CT molecular complexity index is 450. The number of carbonyl (C=O) groups excluding carboxylic acids is 1. The van der Waals surface area contributed by atoms with E-state index >= 15 is 0 Å². The van der Waals surface area contributed by atoms with Crippen LogP contribution in [-0.2, 0) is 11.2 Å². The molecule has 1 N–H and O–H groups in total. The molecule has 1 saturated heterocycles. The van der Waals surface area contributed by atoms with Crippen LogP contribution in [0.1, 0.15) is 31.7 Å². The number of amides is 1. The van der Waals surface area contributed by atoms with Crippen LogP contribution in [0.5, 0.6) is 11.5 Å². The van der Waals surface area contributed by atoms with E-state index in [0.717, 1.165) is 36.3 Å². The molecule has 0 radical (unpaired) electrons. The minimum atomic E-state index is -0.117. The molecule has 104 valence electrons. The fourth-order valence-corrected chi connectivity index (χ4v) is 2.66. The van der Waals surface area contributed by atoms with Gasteiger partial charge in [-0.3, -0.25) is 4.79 Å². The van der Waals surface area contributed by atoms with Crippen LogP contribution in [0.3, 0.4) is 0 Å². The van der Waals surface area contributed by atoms with Crippen LogP contribution < -0.4 is 14.8 Å². The van der Waals surface area contributed by atoms with Crippen molar-refractivity contribution in [2.75, 3.05) is 14.2 Å². The van der Waals surface area contributed by atoms with Crippen LogP contribution in [-0.4, -0.2) is 25.7 Å². The first-order valence-corrected chi connectivity index (χ1v) is 6.64. The molecule has 1 aliphatic heterocycles. The highest BCUT2D eigenvalue weighted by Crippen LogP contribution is 2.31. The van der Waals surface area contributed by atoms with Gasteiger partial charge in [0.2, 0.25) is 5.91 Å². The fraction of sp³-hybridized carbons (Fsp3) is 0.533. The molecule has 1 atom stereocenters. The molecule has 19 heavy (non-hydrogen) atoms. The summed E-state index contributed by atoms with van der Waals surface area (Å²) in [5, 5.41) is 3.12. The Kier molecular flexibility index (Phi) is 3.98. The van der Waals surface area contributed by atoms with Gasteiger partial charge in [-0.25, -0.2) is 0 Å². The molecule has 2 rings (SSSR count). The summed E-state index contributed by atoms with van der Waals surface area (Å²) in [5.41, 5.74) is 1.01. The van der Waals surface area contributed by atoms with E-state index in [4.69, 9.17) is 9.47 Å². The Hall–Kier alpha value is -1.71. The standard InChI is InChI=1S/C15H21NO3/c1-4-15(6-5-14(17)16-15)10-11-7-12(18-2)9-13(8-11)19-3/h7-9H,4-6,10H2,1-3H3,(H,16,17). The van der Waals surface area contributed by atoms with Crippen LogP contribution in [0, 0.1) is 0 Å². The van der Waals surface area contributed by atoms with Gasteiger partial charge in [-0.1, -0.05) is 6.92 Å². The zero-order chi connectivity index (χ0) is 13.9. The fourth-order valence-electron chi connectivity index (χ4n) is 2.66. The van der Waals surface area contributed by atoms with Crippen molar-refractivity contribution in [3.05, 3.63) is 23.8 Å². The lowest BCUT2D eigenvalue weighted by atomic mass is 9.87. The molecule has 1 aliphatic rings. The number of carbonyl (C=O) groups is 1. The topological polar surface area (TPSA) is 47.6 Å². The number of benzene rings is 1. The first kappa shape index (κ1) is 13.7. The van der Waals surface area contributed by atoms with Gasteiger partial charge >= 0.3 is 0 Å². The number of hydrogen-bond donors (Lipinski definition) is 1. The van der Waals surface area contributed by atoms with Gasteiger partial charge in [-0.05, 0) is 37.0 Å². The number of methoxy groups -OCH3 is 2. The molecule has 1 amide bonds. The van der Waals surface area contributed by atoms with Gasteiger partial charge in [0.1, 0.15) is 11.5 Å². The summed E-state index contributed by atoms with van der Waals surface area (Å²) in [4.78, 5) is 11.5. The SMILES string of the molecule is CCC1(Cc2cc(OC)cc(OC)c2)CCC(=O)N1. The molecule has 4 heteroatoms. The maximum atomic E-state index is 11.5. The average Bonchev–Trinajstić information content (AvgIpc) is 2.80. The van der Waals surface area contributed by atoms with E-state index in [0.29, 0.717) is 6.42 Å². The van der Waals surface area contributed by atoms with Crippen molar-refractivity contribution < 1.29 is 14.3 Å². The molecule has 1 aromatic carbocycles. The van der Waals surface area contributed by atoms with Crippen molar-refractivity contribution in [3.8, 4) is 11.5 Å². The Balaban J connectivity index is 2.24. The summed E-state index contributed by atoms with van der Waals surface area (Å²) in [6, 6.07) is 5.87. The van der Waals surface area contributed by atoms with Gasteiger partial charge < -0.3 is 14.8 Å². The van der Waals surface area contributed by atoms with E-state index < -0.39 is 0 Å². The maximum Gasteiger partial charge on any atom is 0.220 e. The van der Waals surface area contributed by atoms with Crippen molar-refractivity contribution >= 4 is 5.91 Å². The average molecular weight is 263 g/mol. The van der Waals surface area contributed by atoms with Crippen LogP contribution in [0.25, 0.3) is 0 Å². The summed E-state index contributed by atoms with van der Waals surface area (Å²) in [7, 11) is 3.29. The number of hydrogen-bond acceptors (Lipinski definition) is 3. The Morgan fingerprint density at radius 2 is 1.84 bits per heavy atom. The Labute approximate surface area is 114 Å². The molecule has 0 aromatic heterocycles. The highest BCUT2D eigenvalue weighted by Gasteiger charge is 2.36. The monoisotopic (exact) mass is 263 g/mol. The molecule has 4 nitrogen and oxygen atoms in total. The number of rotatable bonds is 5. The second-order valence-electron chi connectivity index (χ2n) is 5.08. The predicted octanol–water partition coefficient (Wildman–Crippen LogP) is 2.31. The third-order valence-electron chi connectivity index (χ3n) is 3.87. The lowest BCUT2D eigenvalue weighted by Gasteiger charge is -2.28. The molecule has 0 aliphatic carbocycles. The smallest absolute Gasteiger partial charge is 0.220 e. The molecule has 0 bridgehead atoms. The molecule has 1 heterocycles. The van der Waals surface area contributed by atoms with E-state index in [9.17, 15) is 4.79 Å². The molecule has 0 saturated carbocycles. The Morgan fingerprint density at radius 1 is 1.21 bits per heavy atom. The van der Waals surface area contributed by atoms with Crippen LogP contribution in [0.15, 0.2) is 18.2 Å². The highest BCUT2D eigenvalue weighted by atomic mass is 16.5. The van der Waals surface area contributed by atoms with Gasteiger partial charge in [0.05, 0.1) is 14.2 Å². The molecular formula is C15H21NO3. The first-order valence-electron chi connectivity index (χ1n) is 6.64. The zero-order valence-corrected chi connectivity index (χ0v) is 11.8. The minimum Gasteiger partial charge on any atom is -0.497 e. The molecule has 1 unspecified atom stereocenters. The van der Waals surface area contributed by atoms with Gasteiger partial charge in [-0.2, -0.15) is 0 Å². The van der Waals surface area contributed by atoms with Crippen LogP contribution in [0.2, 0.25) is 0 Å². The molecule has 1 fully saturated rings. The van der Waals surface area contributed by atoms with Gasteiger partial charge in [0.15, 0.2) is 0 Å². The molecule has 1 aromatic rings. The summed E-state index contributed by atoms with van der Waals surface area (Å²) < 4.78 is 10.6. The normalized spacial score (nSPS) is 22.2. The minimum absolute atomic E-state index is 0.117. The second-order valence-corrected chi connectivity index (χ2v) is 5.08. The Morgan fingerprint density at radius 3 is 2.26 bits per heavy atom. The predicted molar refractivity (Wildman–Crippen MR) is 73.6 cm³/mol.